The van der Waals surface area contributed by atoms with Gasteiger partial charge in [-0.2, -0.15) is 0 Å². The van der Waals surface area contributed by atoms with Crippen LogP contribution in [0.3, 0.4) is 0 Å². The lowest BCUT2D eigenvalue weighted by molar-refractivity contribution is -0.0647. The van der Waals surface area contributed by atoms with Crippen LogP contribution in [0.5, 0.6) is 5.75 Å². The Morgan fingerprint density at radius 1 is 0.565 bits per heavy atom. The van der Waals surface area contributed by atoms with Crippen molar-refractivity contribution in [1.82, 2.24) is 70.2 Å². The van der Waals surface area contributed by atoms with Crippen molar-refractivity contribution in [2.24, 2.45) is 17.3 Å². The maximum Gasteiger partial charge on any atom is 0.251 e. The van der Waals surface area contributed by atoms with E-state index in [0.717, 1.165) is 100 Å². The molecule has 17 nitrogen and oxygen atoms in total. The highest BCUT2D eigenvalue weighted by atomic mass is 32.2. The highest BCUT2D eigenvalue weighted by Gasteiger charge is 2.61. The SMILES string of the molecule is COc1ccc2c(c1)CC[C@@H]1[C@@H]2CC[C@@]2(C)[C@H]1CC[C@@]2(O)C#Cc1cn(CCCNC(=O)c2ccc3nc4c5nc6nc(nc7[nH]c(nc8nc(nc([nH]5)c4nc3c2)-c2cc(SC(C)(C)C)c(SC(C)(C)C)cc2-8)c2cc(SC(C)(C)C)c(SC(C)(C)C)cc72)-c2cc(SC(C)(C)C)c(SC(C)(C)C)cc2-6)nn1. The Bertz CT molecular complexity index is 5560. The van der Waals surface area contributed by atoms with Crippen LogP contribution in [0.4, 0.5) is 0 Å². The maximum absolute atomic E-state index is 14.3. The lowest BCUT2D eigenvalue weighted by atomic mass is 9.53. The Balaban J connectivity index is 0.813. The molecule has 3 aliphatic carbocycles. The highest BCUT2D eigenvalue weighted by Crippen LogP contribution is 2.64. The molecule has 10 aromatic rings. The van der Waals surface area contributed by atoms with Gasteiger partial charge in [-0.1, -0.05) is 149 Å². The number of hydrogen-bond acceptors (Lipinski definition) is 19. The quantitative estimate of drug-likeness (QED) is 0.0507. The minimum atomic E-state index is -1.12. The van der Waals surface area contributed by atoms with E-state index in [-0.39, 0.29) is 39.8 Å². The Labute approximate surface area is 659 Å². The van der Waals surface area contributed by atoms with Gasteiger partial charge in [0.05, 0.1) is 24.3 Å². The van der Waals surface area contributed by atoms with Gasteiger partial charge >= 0.3 is 0 Å². The van der Waals surface area contributed by atoms with Gasteiger partial charge in [-0.25, -0.2) is 39.9 Å². The molecule has 1 amide bonds. The molecule has 7 heterocycles. The van der Waals surface area contributed by atoms with Gasteiger partial charge in [0.15, 0.2) is 40.3 Å². The largest absolute Gasteiger partial charge is 0.497 e. The number of nitrogens with zero attached hydrogens (tertiary/aromatic N) is 11. The van der Waals surface area contributed by atoms with Crippen molar-refractivity contribution in [2.75, 3.05) is 13.7 Å². The first-order valence-electron chi connectivity index (χ1n) is 37.6. The van der Waals surface area contributed by atoms with Gasteiger partial charge in [0, 0.05) is 115 Å². The van der Waals surface area contributed by atoms with Gasteiger partial charge in [0.25, 0.3) is 5.91 Å². The van der Waals surface area contributed by atoms with Crippen molar-refractivity contribution in [3.05, 3.63) is 101 Å². The molecule has 108 heavy (non-hydrogen) atoms. The number of H-pyrrole nitrogens is 2. The lowest BCUT2D eigenvalue weighted by Gasteiger charge is -2.52. The first-order valence-corrected chi connectivity index (χ1v) is 42.5. The third kappa shape index (κ3) is 15.8. The molecule has 0 radical (unpaired) electrons. The zero-order valence-electron chi connectivity index (χ0n) is 65.7. The van der Waals surface area contributed by atoms with Gasteiger partial charge in [-0.3, -0.25) is 9.48 Å². The van der Waals surface area contributed by atoms with E-state index in [2.05, 4.69) is 224 Å². The van der Waals surface area contributed by atoms with Crippen molar-refractivity contribution in [3.8, 4) is 63.1 Å². The predicted molar refractivity (Wildman–Crippen MR) is 449 cm³/mol. The number of benzene rings is 5. The Morgan fingerprint density at radius 2 is 1.04 bits per heavy atom. The molecule has 5 atom stereocenters. The summed E-state index contributed by atoms with van der Waals surface area (Å²) in [7, 11) is 1.73. The molecule has 0 unspecified atom stereocenters. The van der Waals surface area contributed by atoms with Crippen LogP contribution in [0, 0.1) is 29.1 Å². The van der Waals surface area contributed by atoms with Crippen LogP contribution < -0.4 is 10.1 Å². The van der Waals surface area contributed by atoms with Crippen LogP contribution in [-0.2, 0) is 13.0 Å². The first kappa shape index (κ1) is 76.2. The van der Waals surface area contributed by atoms with Gasteiger partial charge in [-0.05, 0) is 146 Å². The van der Waals surface area contributed by atoms with Crippen LogP contribution in [0.1, 0.15) is 203 Å². The number of aliphatic hydroxyl groups is 1. The van der Waals surface area contributed by atoms with Crippen LogP contribution in [-0.4, -0.2) is 124 Å². The molecule has 4 N–H and O–H groups in total. The summed E-state index contributed by atoms with van der Waals surface area (Å²) in [4.78, 5) is 72.4. The van der Waals surface area contributed by atoms with Crippen LogP contribution in [0.2, 0.25) is 0 Å². The fourth-order valence-electron chi connectivity index (χ4n) is 15.9. The molecule has 2 aliphatic heterocycles. The van der Waals surface area contributed by atoms with Crippen molar-refractivity contribution in [3.63, 3.8) is 0 Å². The number of nitrogens with one attached hydrogen (secondary N) is 3. The van der Waals surface area contributed by atoms with E-state index in [4.69, 9.17) is 44.6 Å². The average molecular weight is 1560 g/mol. The summed E-state index contributed by atoms with van der Waals surface area (Å²) in [5.74, 6) is 10.6. The Kier molecular flexibility index (Phi) is 19.7. The highest BCUT2D eigenvalue weighted by molar-refractivity contribution is 8.04. The van der Waals surface area contributed by atoms with Gasteiger partial charge in [-0.15, -0.1) is 75.7 Å². The van der Waals surface area contributed by atoms with Crippen molar-refractivity contribution >= 4 is 132 Å². The molecule has 0 saturated heterocycles. The Hall–Kier alpha value is -7.17. The lowest BCUT2D eigenvalue weighted by Crippen LogP contribution is -2.50. The number of fused-ring (bicyclic) bond motifs is 26. The number of rotatable bonds is 12. The van der Waals surface area contributed by atoms with Crippen molar-refractivity contribution < 1.29 is 14.6 Å². The topological polar surface area (TPSA) is 224 Å². The monoisotopic (exact) mass is 1550 g/mol. The number of carbonyl (C=O) groups is 1. The van der Waals surface area contributed by atoms with E-state index in [0.29, 0.717) is 123 Å². The third-order valence-electron chi connectivity index (χ3n) is 20.2. The molecular weight excluding hydrogens is 1460 g/mol. The summed E-state index contributed by atoms with van der Waals surface area (Å²) in [5.41, 5.74) is 9.72. The molecule has 5 aliphatic rings. The molecule has 5 aromatic heterocycles. The minimum absolute atomic E-state index is 0.0982. The number of carbonyl (C=O) groups excluding carboxylic acids is 1. The smallest absolute Gasteiger partial charge is 0.251 e. The fraction of sp³-hybridized carbons (Fsp3) is 0.471. The number of aromatic nitrogens is 13. The molecule has 2 fully saturated rings. The normalized spacial score (nSPS) is 19.4. The second-order valence-electron chi connectivity index (χ2n) is 35.6. The fourth-order valence-corrected chi connectivity index (χ4v) is 22.6. The van der Waals surface area contributed by atoms with Gasteiger partial charge in [0.1, 0.15) is 33.7 Å². The molecule has 5 aromatic carbocycles. The number of aryl methyl sites for hydroxylation is 2. The number of hydrogen-bond donors (Lipinski definition) is 4. The summed E-state index contributed by atoms with van der Waals surface area (Å²) < 4.78 is 6.63. The number of ether oxygens (including phenoxy) is 1. The zero-order chi connectivity index (χ0) is 76.7. The van der Waals surface area contributed by atoms with Crippen molar-refractivity contribution in [1.29, 1.82) is 0 Å². The standard InChI is InChI=1S/C85H98N14O3S6/c1-78(2,3)103-61-38-52-53(39-62(61)104-79(4,5)6)70-89-69(52)90-71-54-40-63(105-80(7,8)9)65(107-82(13,14)15)42-56(54)73(92-71)94-75-67-68(76(96-75)95-74-57-43-66(108-83(16,17)18)64(106-81(10,11)12)41-55(57)72(91-70)93-74)88-60-37-46(23-27-59(60)87-67)77(100)86-34-21-35-99-44-47(97-98-99)28-32-85(101)33-30-58-51-25-22-45-36-48(102-20)24-26-49(45)50(51)29-31-84(58,85)19/h23-24,26-27,36-44,50-51,58,101H,21-22,25,29-31,33-35H2,1-20H3,(H,86,100)(H2,89,90,91,92,93,94,95,96)/t50-,51-,58+,84+,85+/m1/s1. The van der Waals surface area contributed by atoms with Crippen LogP contribution in [0.25, 0.3) is 101 Å². The molecule has 23 heteroatoms. The summed E-state index contributed by atoms with van der Waals surface area (Å²) in [6.07, 6.45) is 8.11. The minimum Gasteiger partial charge on any atom is -0.497 e. The molecule has 15 rings (SSSR count). The summed E-state index contributed by atoms with van der Waals surface area (Å²) in [6, 6.07) is 25.5. The van der Waals surface area contributed by atoms with Crippen molar-refractivity contribution in [2.45, 2.75) is 252 Å². The summed E-state index contributed by atoms with van der Waals surface area (Å²) in [6.45, 7) is 43.6. The number of amides is 1. The number of aromatic amines is 2. The molecular formula is C85H98N14O3S6. The second kappa shape index (κ2) is 27.9. The first-order chi connectivity index (χ1) is 50.7. The molecule has 2 saturated carbocycles. The van der Waals surface area contributed by atoms with E-state index >= 15 is 0 Å². The van der Waals surface area contributed by atoms with E-state index in [1.54, 1.807) is 23.9 Å². The zero-order valence-corrected chi connectivity index (χ0v) is 70.6. The van der Waals surface area contributed by atoms with Gasteiger partial charge in [0.2, 0.25) is 0 Å². The summed E-state index contributed by atoms with van der Waals surface area (Å²) >= 11 is 11.0. The predicted octanol–water partition coefficient (Wildman–Crippen LogP) is 21.2. The van der Waals surface area contributed by atoms with E-state index in [1.165, 1.54) is 11.1 Å². The van der Waals surface area contributed by atoms with Crippen LogP contribution in [0.15, 0.2) is 108 Å². The number of thioether (sulfide) groups is 6. The van der Waals surface area contributed by atoms with E-state index < -0.39 is 5.60 Å². The van der Waals surface area contributed by atoms with E-state index in [9.17, 15) is 9.90 Å². The van der Waals surface area contributed by atoms with Crippen LogP contribution >= 0.6 is 70.6 Å². The third-order valence-corrected chi connectivity index (χ3v) is 27.6. The number of methoxy groups -OCH3 is 1. The summed E-state index contributed by atoms with van der Waals surface area (Å²) in [5, 5.41) is 26.2. The van der Waals surface area contributed by atoms with Gasteiger partial charge < -0.3 is 25.1 Å². The maximum atomic E-state index is 14.3. The molecule has 0 spiro atoms. The molecule has 8 bridgehead atoms. The molecule has 562 valence electrons. The van der Waals surface area contributed by atoms with E-state index in [1.807, 2.05) is 82.8 Å². The second-order valence-corrected chi connectivity index (χ2v) is 46.8. The Morgan fingerprint density at radius 3 is 1.53 bits per heavy atom. The average Bonchev–Trinajstić information content (AvgIpc) is 1.51.